The average molecular weight is 612 g/mol. The van der Waals surface area contributed by atoms with Crippen molar-refractivity contribution >= 4 is 45.8 Å². The van der Waals surface area contributed by atoms with Crippen LogP contribution in [0.5, 0.6) is 0 Å². The molecule has 0 spiro atoms. The van der Waals surface area contributed by atoms with Crippen LogP contribution in [-0.4, -0.2) is 92.3 Å². The number of anilines is 5. The summed E-state index contributed by atoms with van der Waals surface area (Å²) in [7, 11) is 8.95. The summed E-state index contributed by atoms with van der Waals surface area (Å²) in [6.45, 7) is 4.08. The third kappa shape index (κ3) is 8.08. The number of alkyl halides is 3. The van der Waals surface area contributed by atoms with Crippen LogP contribution in [0, 0.1) is 6.92 Å². The number of nitrogens with one attached hydrogen (secondary N) is 2. The second-order valence-electron chi connectivity index (χ2n) is 10.6. The van der Waals surface area contributed by atoms with Gasteiger partial charge in [-0.05, 0) is 56.9 Å². The molecular formula is C30H36F3N9O2. The molecule has 0 fully saturated rings. The highest BCUT2D eigenvalue weighted by atomic mass is 19.4. The molecule has 0 unspecified atom stereocenters. The Hall–Kier alpha value is -4.56. The Morgan fingerprint density at radius 2 is 1.73 bits per heavy atom. The molecule has 0 radical (unpaired) electrons. The summed E-state index contributed by atoms with van der Waals surface area (Å²) in [6.07, 6.45) is -1.60. The quantitative estimate of drug-likeness (QED) is 0.231. The van der Waals surface area contributed by atoms with Crippen molar-refractivity contribution in [2.75, 3.05) is 82.0 Å². The smallest absolute Gasteiger partial charge is 0.383 e. The van der Waals surface area contributed by atoms with Crippen LogP contribution in [0.25, 0.3) is 11.0 Å². The van der Waals surface area contributed by atoms with Crippen molar-refractivity contribution in [1.82, 2.24) is 24.8 Å². The number of carbonyl (C=O) groups is 1. The fourth-order valence-electron chi connectivity index (χ4n) is 4.22. The van der Waals surface area contributed by atoms with Crippen LogP contribution >= 0.6 is 0 Å². The van der Waals surface area contributed by atoms with E-state index < -0.39 is 17.6 Å². The Labute approximate surface area is 254 Å². The second-order valence-corrected chi connectivity index (χ2v) is 10.6. The van der Waals surface area contributed by atoms with Crippen LogP contribution in [0.4, 0.5) is 42.0 Å². The van der Waals surface area contributed by atoms with Gasteiger partial charge in [-0.3, -0.25) is 4.79 Å². The Balaban J connectivity index is 1.61. The number of amides is 1. The predicted octanol–water partition coefficient (Wildman–Crippen LogP) is 4.82. The SMILES string of the molecule is COCCN(C)c1ncc2ncnc(Nc3cc(C(=O)Nc4cc(N(C)CCN(C)C)cc(C(F)(F)F)c4)ccc3C)c2n1. The number of aryl methyl sites for hydroxylation is 1. The molecule has 2 heterocycles. The molecule has 0 atom stereocenters. The lowest BCUT2D eigenvalue weighted by molar-refractivity contribution is -0.137. The molecule has 4 aromatic rings. The molecule has 0 saturated carbocycles. The Morgan fingerprint density at radius 1 is 0.955 bits per heavy atom. The molecule has 1 amide bonds. The van der Waals surface area contributed by atoms with Gasteiger partial charge in [-0.15, -0.1) is 0 Å². The van der Waals surface area contributed by atoms with Crippen molar-refractivity contribution in [1.29, 1.82) is 0 Å². The number of benzene rings is 2. The maximum Gasteiger partial charge on any atom is 0.416 e. The first kappa shape index (κ1) is 32.4. The lowest BCUT2D eigenvalue weighted by Gasteiger charge is -2.23. The van der Waals surface area contributed by atoms with E-state index in [1.165, 1.54) is 12.4 Å². The van der Waals surface area contributed by atoms with Crippen LogP contribution in [0.15, 0.2) is 48.9 Å². The van der Waals surface area contributed by atoms with Crippen LogP contribution < -0.4 is 20.4 Å². The van der Waals surface area contributed by atoms with Gasteiger partial charge >= 0.3 is 6.18 Å². The normalized spacial score (nSPS) is 11.6. The monoisotopic (exact) mass is 611 g/mol. The summed E-state index contributed by atoms with van der Waals surface area (Å²) in [6, 6.07) is 8.51. The summed E-state index contributed by atoms with van der Waals surface area (Å²) in [5, 5.41) is 5.88. The molecule has 0 aliphatic heterocycles. The first-order valence-corrected chi connectivity index (χ1v) is 13.8. The summed E-state index contributed by atoms with van der Waals surface area (Å²) in [5.41, 5.74) is 2.15. The molecule has 2 N–H and O–H groups in total. The first-order chi connectivity index (χ1) is 20.8. The van der Waals surface area contributed by atoms with Crippen LogP contribution in [-0.2, 0) is 10.9 Å². The van der Waals surface area contributed by atoms with E-state index in [1.54, 1.807) is 43.5 Å². The molecule has 0 saturated heterocycles. The van der Waals surface area contributed by atoms with E-state index in [9.17, 15) is 18.0 Å². The molecule has 4 rings (SSSR count). The zero-order valence-electron chi connectivity index (χ0n) is 25.5. The van der Waals surface area contributed by atoms with Gasteiger partial charge in [0.15, 0.2) is 5.82 Å². The van der Waals surface area contributed by atoms with Gasteiger partial charge in [-0.25, -0.2) is 19.9 Å². The largest absolute Gasteiger partial charge is 0.416 e. The molecule has 0 aliphatic carbocycles. The number of aromatic nitrogens is 4. The van der Waals surface area contributed by atoms with Crippen LogP contribution in [0.1, 0.15) is 21.5 Å². The van der Waals surface area contributed by atoms with Gasteiger partial charge in [0.1, 0.15) is 17.4 Å². The lowest BCUT2D eigenvalue weighted by atomic mass is 10.1. The van der Waals surface area contributed by atoms with E-state index in [1.807, 2.05) is 37.9 Å². The zero-order chi connectivity index (χ0) is 32.0. The Kier molecular flexibility index (Phi) is 10.2. The van der Waals surface area contributed by atoms with Crippen molar-refractivity contribution in [2.24, 2.45) is 0 Å². The molecule has 11 nitrogen and oxygen atoms in total. The van der Waals surface area contributed by atoms with Crippen molar-refractivity contribution in [3.8, 4) is 0 Å². The topological polar surface area (TPSA) is 112 Å². The molecule has 234 valence electrons. The van der Waals surface area contributed by atoms with Gasteiger partial charge in [0.25, 0.3) is 5.91 Å². The van der Waals surface area contributed by atoms with Gasteiger partial charge in [0.2, 0.25) is 5.95 Å². The highest BCUT2D eigenvalue weighted by Gasteiger charge is 2.32. The van der Waals surface area contributed by atoms with Crippen molar-refractivity contribution in [3.63, 3.8) is 0 Å². The zero-order valence-corrected chi connectivity index (χ0v) is 25.5. The van der Waals surface area contributed by atoms with Crippen molar-refractivity contribution in [2.45, 2.75) is 13.1 Å². The summed E-state index contributed by atoms with van der Waals surface area (Å²) >= 11 is 0. The minimum Gasteiger partial charge on any atom is -0.383 e. The number of hydrogen-bond donors (Lipinski definition) is 2. The third-order valence-electron chi connectivity index (χ3n) is 6.92. The molecular weight excluding hydrogens is 575 g/mol. The fourth-order valence-corrected chi connectivity index (χ4v) is 4.22. The Morgan fingerprint density at radius 3 is 2.43 bits per heavy atom. The molecule has 0 bridgehead atoms. The highest BCUT2D eigenvalue weighted by Crippen LogP contribution is 2.35. The number of carbonyl (C=O) groups excluding carboxylic acids is 1. The standard InChI is InChI=1S/C30H36F3N9O2/c1-19-7-8-20(28(43)37-22-14-21(30(31,32)33)15-23(16-22)41(4)10-9-40(2)3)13-24(19)38-27-26-25(35-18-36-27)17-34-29(39-26)42(5)11-12-44-6/h7-8,13-18H,9-12H2,1-6H3,(H,37,43)(H,35,36,38). The van der Waals surface area contributed by atoms with Gasteiger partial charge in [0, 0.05) is 63.5 Å². The van der Waals surface area contributed by atoms with Crippen LogP contribution in [0.3, 0.4) is 0 Å². The lowest BCUT2D eigenvalue weighted by Crippen LogP contribution is -2.28. The van der Waals surface area contributed by atoms with Crippen LogP contribution in [0.2, 0.25) is 0 Å². The minimum absolute atomic E-state index is 0.0372. The van der Waals surface area contributed by atoms with Gasteiger partial charge in [-0.1, -0.05) is 6.07 Å². The van der Waals surface area contributed by atoms with E-state index in [0.29, 0.717) is 60.4 Å². The fraction of sp³-hybridized carbons (Fsp3) is 0.367. The number of halogens is 3. The van der Waals surface area contributed by atoms with E-state index in [-0.39, 0.29) is 11.3 Å². The number of likely N-dealkylation sites (N-methyl/N-ethyl adjacent to an activating group) is 3. The molecule has 44 heavy (non-hydrogen) atoms. The number of methoxy groups -OCH3 is 1. The summed E-state index contributed by atoms with van der Waals surface area (Å²) in [4.78, 5) is 36.4. The van der Waals surface area contributed by atoms with Gasteiger partial charge in [-0.2, -0.15) is 13.2 Å². The van der Waals surface area contributed by atoms with Crippen molar-refractivity contribution < 1.29 is 22.7 Å². The number of nitrogens with zero attached hydrogens (tertiary/aromatic N) is 7. The average Bonchev–Trinajstić information content (AvgIpc) is 2.98. The second kappa shape index (κ2) is 13.8. The molecule has 14 heteroatoms. The molecule has 2 aromatic heterocycles. The number of fused-ring (bicyclic) bond motifs is 1. The third-order valence-corrected chi connectivity index (χ3v) is 6.92. The molecule has 0 aliphatic rings. The minimum atomic E-state index is -4.58. The number of rotatable bonds is 12. The van der Waals surface area contributed by atoms with Gasteiger partial charge in [0.05, 0.1) is 18.4 Å². The van der Waals surface area contributed by atoms with E-state index in [0.717, 1.165) is 17.7 Å². The highest BCUT2D eigenvalue weighted by molar-refractivity contribution is 6.05. The van der Waals surface area contributed by atoms with Crippen molar-refractivity contribution in [3.05, 3.63) is 65.6 Å². The maximum absolute atomic E-state index is 13.7. The van der Waals surface area contributed by atoms with E-state index >= 15 is 0 Å². The summed E-state index contributed by atoms with van der Waals surface area (Å²) < 4.78 is 46.4. The number of hydrogen-bond acceptors (Lipinski definition) is 10. The number of ether oxygens (including phenoxy) is 1. The molecule has 2 aromatic carbocycles. The maximum atomic E-state index is 13.7. The predicted molar refractivity (Wildman–Crippen MR) is 166 cm³/mol. The first-order valence-electron chi connectivity index (χ1n) is 13.8. The summed E-state index contributed by atoms with van der Waals surface area (Å²) in [5.74, 6) is 0.305. The van der Waals surface area contributed by atoms with E-state index in [2.05, 4.69) is 30.6 Å². The van der Waals surface area contributed by atoms with E-state index in [4.69, 9.17) is 4.74 Å². The Bertz CT molecular complexity index is 1610. The van der Waals surface area contributed by atoms with Gasteiger partial charge < -0.3 is 30.1 Å².